The lowest BCUT2D eigenvalue weighted by Crippen LogP contribution is -2.46. The van der Waals surface area contributed by atoms with Crippen LogP contribution in [0.4, 0.5) is 22.4 Å². The average Bonchev–Trinajstić information content (AvgIpc) is 3.29. The molecule has 10 nitrogen and oxygen atoms in total. The number of aromatic nitrogens is 6. The van der Waals surface area contributed by atoms with Gasteiger partial charge in [0.1, 0.15) is 5.82 Å². The largest absolute Gasteiger partial charge is 0.328 e. The second kappa shape index (κ2) is 9.95. The summed E-state index contributed by atoms with van der Waals surface area (Å²) in [4.78, 5) is 34.6. The Kier molecular flexibility index (Phi) is 6.31. The highest BCUT2D eigenvalue weighted by Gasteiger charge is 2.60. The number of amides is 2. The molecule has 2 amide bonds. The molecule has 1 aliphatic carbocycles. The minimum Gasteiger partial charge on any atom is -0.328 e. The van der Waals surface area contributed by atoms with Crippen molar-refractivity contribution < 1.29 is 22.4 Å². The van der Waals surface area contributed by atoms with Gasteiger partial charge in [0.15, 0.2) is 23.1 Å². The first kappa shape index (κ1) is 26.7. The summed E-state index contributed by atoms with van der Waals surface area (Å²) in [6, 6.07) is 6.43. The van der Waals surface area contributed by atoms with Gasteiger partial charge < -0.3 is 14.8 Å². The Morgan fingerprint density at radius 2 is 1.79 bits per heavy atom. The van der Waals surface area contributed by atoms with Gasteiger partial charge in [-0.25, -0.2) is 32.1 Å². The summed E-state index contributed by atoms with van der Waals surface area (Å²) < 4.78 is 60.2. The number of piperidine rings is 1. The third-order valence-electron chi connectivity index (χ3n) is 8.79. The number of H-pyrrole nitrogens is 1. The Labute approximate surface area is 236 Å². The van der Waals surface area contributed by atoms with Crippen molar-refractivity contribution >= 4 is 17.2 Å². The predicted molar refractivity (Wildman–Crippen MR) is 142 cm³/mol. The van der Waals surface area contributed by atoms with Crippen molar-refractivity contribution in [2.24, 2.45) is 0 Å². The van der Waals surface area contributed by atoms with Crippen LogP contribution in [-0.2, 0) is 6.54 Å². The number of carbonyl (C=O) groups excluding carboxylic acids is 1. The van der Waals surface area contributed by atoms with E-state index in [1.165, 1.54) is 12.1 Å². The summed E-state index contributed by atoms with van der Waals surface area (Å²) in [5.41, 5.74) is 1.13. The molecular formula is C28H28F4N8O2. The number of benzene rings is 1. The molecule has 0 radical (unpaired) electrons. The maximum absolute atomic E-state index is 14.8. The lowest BCUT2D eigenvalue weighted by atomic mass is 9.93. The van der Waals surface area contributed by atoms with Gasteiger partial charge in [-0.1, -0.05) is 12.1 Å². The second-order valence-electron chi connectivity index (χ2n) is 11.4. The van der Waals surface area contributed by atoms with E-state index < -0.39 is 35.4 Å². The Balaban J connectivity index is 1.10. The van der Waals surface area contributed by atoms with Crippen molar-refractivity contribution in [2.75, 3.05) is 13.1 Å². The number of halogens is 4. The van der Waals surface area contributed by atoms with Crippen LogP contribution < -0.4 is 11.0 Å². The van der Waals surface area contributed by atoms with E-state index in [4.69, 9.17) is 0 Å². The summed E-state index contributed by atoms with van der Waals surface area (Å²) >= 11 is 0. The predicted octanol–water partition coefficient (Wildman–Crippen LogP) is 4.38. The number of pyridine rings is 1. The van der Waals surface area contributed by atoms with Crippen LogP contribution in [0.1, 0.15) is 73.2 Å². The first-order valence-electron chi connectivity index (χ1n) is 14.1. The number of hydrogen-bond donors (Lipinski definition) is 2. The smallest absolute Gasteiger partial charge is 0.327 e. The zero-order valence-electron chi connectivity index (χ0n) is 22.4. The zero-order valence-corrected chi connectivity index (χ0v) is 22.4. The number of rotatable bonds is 4. The summed E-state index contributed by atoms with van der Waals surface area (Å²) in [6.07, 6.45) is 3.07. The van der Waals surface area contributed by atoms with Gasteiger partial charge in [-0.05, 0) is 49.4 Å². The van der Waals surface area contributed by atoms with Crippen molar-refractivity contribution in [2.45, 2.75) is 68.5 Å². The van der Waals surface area contributed by atoms with Crippen LogP contribution in [0.2, 0.25) is 0 Å². The van der Waals surface area contributed by atoms with Crippen molar-refractivity contribution in [3.05, 3.63) is 75.9 Å². The molecule has 42 heavy (non-hydrogen) atoms. The number of hydrogen-bond acceptors (Lipinski definition) is 5. The molecule has 3 atom stereocenters. The van der Waals surface area contributed by atoms with Crippen LogP contribution in [0, 0.1) is 11.6 Å². The van der Waals surface area contributed by atoms with E-state index in [-0.39, 0.29) is 42.1 Å². The minimum atomic E-state index is -2.90. The number of urea groups is 1. The van der Waals surface area contributed by atoms with Gasteiger partial charge in [0, 0.05) is 44.2 Å². The summed E-state index contributed by atoms with van der Waals surface area (Å²) in [5.74, 6) is -6.05. The molecule has 3 aliphatic rings. The van der Waals surface area contributed by atoms with Crippen LogP contribution in [0.5, 0.6) is 0 Å². The Morgan fingerprint density at radius 3 is 2.55 bits per heavy atom. The number of likely N-dealkylation sites (tertiary alicyclic amines) is 1. The molecule has 0 spiro atoms. The van der Waals surface area contributed by atoms with E-state index in [2.05, 4.69) is 25.5 Å². The van der Waals surface area contributed by atoms with Crippen molar-refractivity contribution in [3.63, 3.8) is 0 Å². The van der Waals surface area contributed by atoms with Crippen LogP contribution in [0.15, 0.2) is 41.3 Å². The average molecular weight is 585 g/mol. The molecule has 1 saturated carbocycles. The van der Waals surface area contributed by atoms with E-state index in [0.717, 1.165) is 6.07 Å². The lowest BCUT2D eigenvalue weighted by molar-refractivity contribution is 0.110. The van der Waals surface area contributed by atoms with E-state index in [9.17, 15) is 27.2 Å². The highest BCUT2D eigenvalue weighted by molar-refractivity contribution is 5.75. The topological polar surface area (TPSA) is 114 Å². The molecule has 5 heterocycles. The number of imidazole rings is 1. The number of carbonyl (C=O) groups is 1. The summed E-state index contributed by atoms with van der Waals surface area (Å²) in [6.45, 7) is 0.883. The van der Waals surface area contributed by atoms with Gasteiger partial charge in [0.25, 0.3) is 5.92 Å². The molecule has 1 saturated heterocycles. The Bertz CT molecular complexity index is 1720. The molecule has 0 bridgehead atoms. The lowest BCUT2D eigenvalue weighted by Gasteiger charge is -2.33. The fourth-order valence-corrected chi connectivity index (χ4v) is 6.45. The van der Waals surface area contributed by atoms with E-state index >= 15 is 0 Å². The number of nitrogens with zero attached hydrogens (tertiary/aromatic N) is 6. The molecule has 1 aromatic carbocycles. The molecule has 7 rings (SSSR count). The van der Waals surface area contributed by atoms with Crippen LogP contribution in [0.25, 0.3) is 11.2 Å². The molecule has 220 valence electrons. The summed E-state index contributed by atoms with van der Waals surface area (Å²) in [5, 5.41) is 11.3. The fourth-order valence-electron chi connectivity index (χ4n) is 6.45. The first-order chi connectivity index (χ1) is 20.2. The highest BCUT2D eigenvalue weighted by Crippen LogP contribution is 2.55. The Hall–Kier alpha value is -4.23. The third kappa shape index (κ3) is 4.52. The monoisotopic (exact) mass is 584 g/mol. The second-order valence-corrected chi connectivity index (χ2v) is 11.4. The number of aromatic amines is 1. The standard InChI is InChI=1S/C28H28F4N8O2/c29-19-4-1-3-17(22(19)30)15-6-7-20(25-37-36-24(39(25)14-15)18-13-28(18,31)32)34-26(41)38-11-8-16(9-12-38)40-21-5-2-10-33-23(21)35-27(40)42/h1-5,10,15-16,18,20H,6-9,11-14H2,(H,34,41)(H,33,35,42)/t15-,18?,20-/m1/s1. The number of fused-ring (bicyclic) bond motifs is 2. The molecule has 2 N–H and O–H groups in total. The van der Waals surface area contributed by atoms with Gasteiger partial charge >= 0.3 is 11.7 Å². The number of alkyl halides is 2. The fraction of sp³-hybridized carbons (Fsp3) is 0.464. The van der Waals surface area contributed by atoms with Crippen molar-refractivity contribution in [3.8, 4) is 0 Å². The minimum absolute atomic E-state index is 0.0939. The van der Waals surface area contributed by atoms with Crippen LogP contribution >= 0.6 is 0 Å². The highest BCUT2D eigenvalue weighted by atomic mass is 19.3. The maximum atomic E-state index is 14.8. The van der Waals surface area contributed by atoms with E-state index in [0.29, 0.717) is 55.8 Å². The number of nitrogens with one attached hydrogen (secondary N) is 2. The zero-order chi connectivity index (χ0) is 29.2. The molecule has 14 heteroatoms. The molecule has 2 aliphatic heterocycles. The van der Waals surface area contributed by atoms with E-state index in [1.807, 2.05) is 6.07 Å². The van der Waals surface area contributed by atoms with Gasteiger partial charge in [-0.3, -0.25) is 9.55 Å². The normalized spacial score (nSPS) is 23.9. The molecule has 3 aromatic heterocycles. The van der Waals surface area contributed by atoms with Gasteiger partial charge in [0.05, 0.1) is 17.5 Å². The summed E-state index contributed by atoms with van der Waals surface area (Å²) in [7, 11) is 0. The van der Waals surface area contributed by atoms with E-state index in [1.54, 1.807) is 26.3 Å². The quantitative estimate of drug-likeness (QED) is 0.346. The maximum Gasteiger partial charge on any atom is 0.327 e. The third-order valence-corrected chi connectivity index (χ3v) is 8.79. The van der Waals surface area contributed by atoms with Crippen LogP contribution in [0.3, 0.4) is 0 Å². The first-order valence-corrected chi connectivity index (χ1v) is 14.1. The van der Waals surface area contributed by atoms with Crippen molar-refractivity contribution in [1.82, 2.24) is 39.5 Å². The molecule has 2 fully saturated rings. The van der Waals surface area contributed by atoms with Crippen molar-refractivity contribution in [1.29, 1.82) is 0 Å². The Morgan fingerprint density at radius 1 is 1.02 bits per heavy atom. The van der Waals surface area contributed by atoms with Gasteiger partial charge in [0.2, 0.25) is 0 Å². The SMILES string of the molecule is O=C(N[C@@H]1CC[C@@H](c2cccc(F)c2F)Cn2c(C3CC3(F)F)nnc21)N1CCC(n2c(=O)[nH]c3ncccc32)CC1. The van der Waals surface area contributed by atoms with Gasteiger partial charge in [-0.2, -0.15) is 0 Å². The van der Waals surface area contributed by atoms with Gasteiger partial charge in [-0.15, -0.1) is 10.2 Å². The molecule has 4 aromatic rings. The molecular weight excluding hydrogens is 556 g/mol. The van der Waals surface area contributed by atoms with Crippen LogP contribution in [-0.4, -0.2) is 59.2 Å². The molecule has 1 unspecified atom stereocenters.